The number of benzene rings is 2. The first-order chi connectivity index (χ1) is 16.0. The fourth-order valence-corrected chi connectivity index (χ4v) is 3.82. The van der Waals surface area contributed by atoms with E-state index in [0.717, 1.165) is 28.0 Å². The molecular weight excluding hydrogens is 615 g/mol. The van der Waals surface area contributed by atoms with Gasteiger partial charge in [-0.2, -0.15) is 0 Å². The Morgan fingerprint density at radius 3 is 2.17 bits per heavy atom. The fourth-order valence-electron chi connectivity index (χ4n) is 3.82. The van der Waals surface area contributed by atoms with E-state index >= 15 is 0 Å². The van der Waals surface area contributed by atoms with Gasteiger partial charge in [0.15, 0.2) is 5.78 Å². The summed E-state index contributed by atoms with van der Waals surface area (Å²) < 4.78 is 6.18. The van der Waals surface area contributed by atoms with E-state index in [1.54, 1.807) is 0 Å². The molecule has 2 heterocycles. The number of fused-ring (bicyclic) bond motifs is 1. The van der Waals surface area contributed by atoms with Gasteiger partial charge >= 0.3 is 0 Å². The molecule has 2 aromatic carbocycles. The molecule has 4 rings (SSSR count). The van der Waals surface area contributed by atoms with E-state index in [1.807, 2.05) is 30.3 Å². The van der Waals surface area contributed by atoms with Crippen LogP contribution >= 0.6 is 0 Å². The summed E-state index contributed by atoms with van der Waals surface area (Å²) in [5, 5.41) is 9.38. The van der Waals surface area contributed by atoms with Crippen molar-refractivity contribution in [1.82, 2.24) is 4.98 Å². The van der Waals surface area contributed by atoms with Crippen molar-refractivity contribution in [3.63, 3.8) is 0 Å². The van der Waals surface area contributed by atoms with Crippen LogP contribution in [0, 0.1) is 19.9 Å². The van der Waals surface area contributed by atoms with Gasteiger partial charge in [-0.1, -0.05) is 45.0 Å². The smallest absolute Gasteiger partial charge is 0.217 e. The van der Waals surface area contributed by atoms with E-state index in [0.29, 0.717) is 5.71 Å². The first kappa shape index (κ1) is 28.2. The van der Waals surface area contributed by atoms with Gasteiger partial charge in [-0.05, 0) is 61.6 Å². The van der Waals surface area contributed by atoms with E-state index in [2.05, 4.69) is 65.0 Å². The summed E-state index contributed by atoms with van der Waals surface area (Å²) >= 11 is 0. The Labute approximate surface area is 221 Å². The van der Waals surface area contributed by atoms with Gasteiger partial charge in [-0.15, -0.1) is 35.9 Å². The molecule has 0 fully saturated rings. The Balaban J connectivity index is 0.000000476. The molecule has 35 heavy (non-hydrogen) atoms. The predicted octanol–water partition coefficient (Wildman–Crippen LogP) is 7.91. The fraction of sp³-hybridized carbons (Fsp3) is 0.267. The van der Waals surface area contributed by atoms with Gasteiger partial charge in [0, 0.05) is 37.1 Å². The van der Waals surface area contributed by atoms with Crippen LogP contribution in [-0.4, -0.2) is 15.9 Å². The summed E-state index contributed by atoms with van der Waals surface area (Å²) in [5.41, 5.74) is 7.61. The Kier molecular flexibility index (Phi) is 9.37. The van der Waals surface area contributed by atoms with Crippen molar-refractivity contribution in [2.45, 2.75) is 53.9 Å². The number of ketones is 1. The maximum atomic E-state index is 10.0. The summed E-state index contributed by atoms with van der Waals surface area (Å²) in [5.74, 6) is 0.814. The molecule has 2 aromatic heterocycles. The van der Waals surface area contributed by atoms with Gasteiger partial charge in [-0.3, -0.25) is 9.78 Å². The average molecular weight is 647 g/mol. The molecule has 1 N–H and O–H groups in total. The summed E-state index contributed by atoms with van der Waals surface area (Å²) in [7, 11) is 0. The number of pyridine rings is 1. The molecule has 0 amide bonds. The molecule has 0 saturated carbocycles. The monoisotopic (exact) mass is 647 g/mol. The van der Waals surface area contributed by atoms with Crippen LogP contribution in [0.1, 0.15) is 51.3 Å². The van der Waals surface area contributed by atoms with Crippen molar-refractivity contribution in [2.75, 3.05) is 0 Å². The summed E-state index contributed by atoms with van der Waals surface area (Å²) in [6.07, 6.45) is 1.17. The molecule has 4 aromatic rings. The molecule has 0 aliphatic carbocycles. The van der Waals surface area contributed by atoms with Crippen molar-refractivity contribution in [3.8, 4) is 22.6 Å². The molecule has 5 heteroatoms. The van der Waals surface area contributed by atoms with Gasteiger partial charge < -0.3 is 9.52 Å². The molecule has 0 unspecified atom stereocenters. The number of rotatable bonds is 3. The second kappa shape index (κ2) is 11.6. The maximum absolute atomic E-state index is 10.0. The normalized spacial score (nSPS) is 11.5. The van der Waals surface area contributed by atoms with Crippen molar-refractivity contribution in [2.24, 2.45) is 0 Å². The topological polar surface area (TPSA) is 63.3 Å². The molecule has 185 valence electrons. The standard InChI is InChI=1S/C25H24NO.C5H8O2.Ir/c1-16-13-20(25(3,4)5)14-17(2)23(16)22-15-19-11-12-21(26-24(19)27-22)18-9-7-6-8-10-18;1-4(6)3-5(2)7;/h6-9,11-15H,1-5H3;3,6H,1-2H3;/q-1;;/b;4-3-;. The molecule has 0 bridgehead atoms. The number of hydrogen-bond acceptors (Lipinski definition) is 4. The largest absolute Gasteiger partial charge is 0.512 e. The van der Waals surface area contributed by atoms with E-state index in [1.165, 1.54) is 36.6 Å². The Hall–Kier alpha value is -3.01. The number of aliphatic hydroxyl groups excluding tert-OH is 1. The number of carbonyl (C=O) groups excluding carboxylic acids is 1. The van der Waals surface area contributed by atoms with Crippen molar-refractivity contribution < 1.29 is 34.4 Å². The number of aryl methyl sites for hydroxylation is 2. The number of nitrogens with zero attached hydrogens (tertiary/aromatic N) is 1. The first-order valence-electron chi connectivity index (χ1n) is 11.3. The van der Waals surface area contributed by atoms with Gasteiger partial charge in [0.25, 0.3) is 0 Å². The molecule has 0 spiro atoms. The number of aromatic nitrogens is 1. The van der Waals surface area contributed by atoms with Gasteiger partial charge in [0.2, 0.25) is 5.71 Å². The minimum Gasteiger partial charge on any atom is -0.512 e. The van der Waals surface area contributed by atoms with E-state index in [-0.39, 0.29) is 37.1 Å². The van der Waals surface area contributed by atoms with Crippen LogP contribution in [0.25, 0.3) is 33.7 Å². The molecule has 4 nitrogen and oxygen atoms in total. The van der Waals surface area contributed by atoms with Crippen LogP contribution < -0.4 is 0 Å². The van der Waals surface area contributed by atoms with Crippen LogP contribution in [0.5, 0.6) is 0 Å². The second-order valence-corrected chi connectivity index (χ2v) is 9.61. The van der Waals surface area contributed by atoms with Crippen molar-refractivity contribution in [1.29, 1.82) is 0 Å². The summed E-state index contributed by atoms with van der Waals surface area (Å²) in [4.78, 5) is 14.7. The summed E-state index contributed by atoms with van der Waals surface area (Å²) in [6.45, 7) is 13.9. The number of furan rings is 1. The average Bonchev–Trinajstić information content (AvgIpc) is 3.15. The number of carbonyl (C=O) groups is 1. The van der Waals surface area contributed by atoms with Crippen LogP contribution in [0.3, 0.4) is 0 Å². The number of aliphatic hydroxyl groups is 1. The van der Waals surface area contributed by atoms with Crippen molar-refractivity contribution in [3.05, 3.63) is 89.2 Å². The zero-order valence-corrected chi connectivity index (χ0v) is 23.7. The third kappa shape index (κ3) is 7.24. The first-order valence-corrected chi connectivity index (χ1v) is 11.3. The van der Waals surface area contributed by atoms with Gasteiger partial charge in [-0.25, -0.2) is 0 Å². The van der Waals surface area contributed by atoms with E-state index < -0.39 is 0 Å². The summed E-state index contributed by atoms with van der Waals surface area (Å²) in [6, 6.07) is 21.8. The Bertz CT molecular complexity index is 1320. The van der Waals surface area contributed by atoms with Crippen LogP contribution in [-0.2, 0) is 30.3 Å². The second-order valence-electron chi connectivity index (χ2n) is 9.61. The van der Waals surface area contributed by atoms with Crippen LogP contribution in [0.15, 0.2) is 70.8 Å². The van der Waals surface area contributed by atoms with Crippen LogP contribution in [0.4, 0.5) is 0 Å². The molecule has 0 saturated heterocycles. The molecular formula is C30H32IrNO3-. The Morgan fingerprint density at radius 2 is 1.69 bits per heavy atom. The number of allylic oxidation sites excluding steroid dienone is 2. The molecule has 1 radical (unpaired) electrons. The molecule has 0 atom stereocenters. The van der Waals surface area contributed by atoms with E-state index in [9.17, 15) is 4.79 Å². The SMILES string of the molecule is CC(=O)/C=C(/C)O.Cc1cc(C(C)(C)C)cc(C)c1-c1cc2ccc(-c3[c-]cccc3)nc2o1.[Ir]. The third-order valence-electron chi connectivity index (χ3n) is 5.43. The zero-order valence-electron chi connectivity index (χ0n) is 21.3. The quantitative estimate of drug-likeness (QED) is 0.140. The molecule has 0 aliphatic heterocycles. The van der Waals surface area contributed by atoms with Gasteiger partial charge in [0.1, 0.15) is 5.76 Å². The van der Waals surface area contributed by atoms with Crippen LogP contribution in [0.2, 0.25) is 0 Å². The molecule has 0 aliphatic rings. The maximum Gasteiger partial charge on any atom is 0.217 e. The van der Waals surface area contributed by atoms with Gasteiger partial charge in [0.05, 0.1) is 5.76 Å². The zero-order chi connectivity index (χ0) is 25.0. The third-order valence-corrected chi connectivity index (χ3v) is 5.43. The minimum absolute atomic E-state index is 0. The predicted molar refractivity (Wildman–Crippen MR) is 139 cm³/mol. The number of hydrogen-bond donors (Lipinski definition) is 1. The minimum atomic E-state index is -0.125. The Morgan fingerprint density at radius 1 is 1.03 bits per heavy atom. The van der Waals surface area contributed by atoms with E-state index in [4.69, 9.17) is 14.5 Å². The van der Waals surface area contributed by atoms with Crippen molar-refractivity contribution >= 4 is 16.9 Å².